The molecule has 0 spiro atoms. The zero-order valence-corrected chi connectivity index (χ0v) is 11.1. The first-order valence-electron chi connectivity index (χ1n) is 6.97. The minimum atomic E-state index is 0.289. The molecular formula is C15H21N3O+2. The van der Waals surface area contributed by atoms with Crippen LogP contribution in [0.15, 0.2) is 36.4 Å². The van der Waals surface area contributed by atoms with Crippen molar-refractivity contribution in [2.75, 3.05) is 44.2 Å². The highest BCUT2D eigenvalue weighted by molar-refractivity contribution is 5.76. The minimum Gasteiger partial charge on any atom is -0.391 e. The number of fused-ring (bicyclic) bond motifs is 1. The van der Waals surface area contributed by atoms with E-state index in [0.717, 1.165) is 32.7 Å². The van der Waals surface area contributed by atoms with Gasteiger partial charge < -0.3 is 10.0 Å². The maximum absolute atomic E-state index is 8.98. The third kappa shape index (κ3) is 2.69. The Balaban J connectivity index is 1.74. The summed E-state index contributed by atoms with van der Waals surface area (Å²) in [5.41, 5.74) is 1.19. The van der Waals surface area contributed by atoms with Gasteiger partial charge in [-0.05, 0) is 12.1 Å². The lowest BCUT2D eigenvalue weighted by Crippen LogP contribution is -3.15. The molecule has 19 heavy (non-hydrogen) atoms. The summed E-state index contributed by atoms with van der Waals surface area (Å²) in [5, 5.41) is 10.2. The number of para-hydroxylation sites is 1. The number of hydrogen-bond donors (Lipinski definition) is 2. The van der Waals surface area contributed by atoms with Crippen molar-refractivity contribution in [3.8, 4) is 0 Å². The summed E-state index contributed by atoms with van der Waals surface area (Å²) in [7, 11) is 0. The number of quaternary nitrogens is 1. The first kappa shape index (κ1) is 12.4. The van der Waals surface area contributed by atoms with Crippen molar-refractivity contribution in [1.29, 1.82) is 0 Å². The molecule has 2 heterocycles. The molecule has 100 valence electrons. The van der Waals surface area contributed by atoms with E-state index in [-0.39, 0.29) is 6.61 Å². The number of H-pyrrole nitrogens is 1. The Morgan fingerprint density at radius 2 is 1.89 bits per heavy atom. The van der Waals surface area contributed by atoms with Crippen LogP contribution >= 0.6 is 0 Å². The van der Waals surface area contributed by atoms with E-state index in [4.69, 9.17) is 5.11 Å². The van der Waals surface area contributed by atoms with Gasteiger partial charge in [0, 0.05) is 11.5 Å². The van der Waals surface area contributed by atoms with Gasteiger partial charge in [0.25, 0.3) is 5.82 Å². The molecule has 0 aliphatic carbocycles. The second-order valence-electron chi connectivity index (χ2n) is 5.14. The Bertz CT molecular complexity index is 550. The molecule has 1 saturated heterocycles. The average molecular weight is 259 g/mol. The summed E-state index contributed by atoms with van der Waals surface area (Å²) in [6.07, 6.45) is 0. The van der Waals surface area contributed by atoms with Gasteiger partial charge in [-0.2, -0.15) is 0 Å². The number of piperazine rings is 1. The van der Waals surface area contributed by atoms with Crippen LogP contribution in [0.3, 0.4) is 0 Å². The van der Waals surface area contributed by atoms with Crippen LogP contribution < -0.4 is 14.8 Å². The summed E-state index contributed by atoms with van der Waals surface area (Å²) in [5.74, 6) is 1.20. The number of nitrogens with zero attached hydrogens (tertiary/aromatic N) is 1. The topological polar surface area (TPSA) is 42.1 Å². The SMILES string of the molecule is OCC[NH+]1CCN(c2ccc3ccccc3[nH+]2)CC1. The van der Waals surface area contributed by atoms with Gasteiger partial charge in [0.05, 0.1) is 6.61 Å². The van der Waals surface area contributed by atoms with Crippen LogP contribution in [-0.2, 0) is 0 Å². The number of nitrogens with one attached hydrogen (secondary N) is 2. The fraction of sp³-hybridized carbons (Fsp3) is 0.400. The molecule has 0 amide bonds. The molecule has 2 aromatic rings. The summed E-state index contributed by atoms with van der Waals surface area (Å²) < 4.78 is 0. The summed E-state index contributed by atoms with van der Waals surface area (Å²) in [4.78, 5) is 7.41. The predicted molar refractivity (Wildman–Crippen MR) is 75.4 cm³/mol. The van der Waals surface area contributed by atoms with Crippen molar-refractivity contribution in [2.24, 2.45) is 0 Å². The second kappa shape index (κ2) is 5.55. The van der Waals surface area contributed by atoms with Crippen LogP contribution in [0, 0.1) is 0 Å². The van der Waals surface area contributed by atoms with Crippen LogP contribution in [0.4, 0.5) is 5.82 Å². The van der Waals surface area contributed by atoms with Crippen LogP contribution in [0.25, 0.3) is 10.9 Å². The smallest absolute Gasteiger partial charge is 0.275 e. The molecule has 1 fully saturated rings. The van der Waals surface area contributed by atoms with E-state index in [1.54, 1.807) is 0 Å². The number of aromatic nitrogens is 1. The van der Waals surface area contributed by atoms with Crippen LogP contribution in [0.1, 0.15) is 0 Å². The molecule has 0 atom stereocenters. The predicted octanol–water partition coefficient (Wildman–Crippen LogP) is -0.649. The van der Waals surface area contributed by atoms with Gasteiger partial charge in [0.2, 0.25) is 0 Å². The van der Waals surface area contributed by atoms with Gasteiger partial charge in [-0.25, -0.2) is 4.98 Å². The number of aliphatic hydroxyl groups excluding tert-OH is 1. The van der Waals surface area contributed by atoms with Crippen molar-refractivity contribution in [1.82, 2.24) is 0 Å². The van der Waals surface area contributed by atoms with Gasteiger partial charge in [-0.3, -0.25) is 4.90 Å². The maximum atomic E-state index is 8.98. The fourth-order valence-electron chi connectivity index (χ4n) is 2.76. The Morgan fingerprint density at radius 1 is 1.11 bits per heavy atom. The molecular weight excluding hydrogens is 238 g/mol. The molecule has 1 aliphatic heterocycles. The number of hydrogen-bond acceptors (Lipinski definition) is 2. The summed E-state index contributed by atoms with van der Waals surface area (Å²) in [6.45, 7) is 5.45. The highest BCUT2D eigenvalue weighted by atomic mass is 16.3. The Hall–Kier alpha value is -1.65. The standard InChI is InChI=1S/C15H19N3O/c19-12-11-17-7-9-18(10-8-17)15-6-5-13-3-1-2-4-14(13)16-15/h1-6,19H,7-12H2/p+2. The van der Waals surface area contributed by atoms with Crippen LogP contribution in [0.2, 0.25) is 0 Å². The molecule has 0 bridgehead atoms. The minimum absolute atomic E-state index is 0.289. The van der Waals surface area contributed by atoms with Crippen molar-refractivity contribution in [3.63, 3.8) is 0 Å². The molecule has 1 aliphatic rings. The van der Waals surface area contributed by atoms with E-state index in [9.17, 15) is 0 Å². The summed E-state index contributed by atoms with van der Waals surface area (Å²) >= 11 is 0. The van der Waals surface area contributed by atoms with Crippen molar-refractivity contribution in [2.45, 2.75) is 0 Å². The molecule has 1 aromatic carbocycles. The van der Waals surface area contributed by atoms with Gasteiger partial charge in [0.15, 0.2) is 0 Å². The van der Waals surface area contributed by atoms with Crippen LogP contribution in [-0.4, -0.2) is 44.4 Å². The van der Waals surface area contributed by atoms with E-state index in [1.807, 2.05) is 0 Å². The molecule has 3 N–H and O–H groups in total. The number of pyridine rings is 1. The molecule has 4 nitrogen and oxygen atoms in total. The molecule has 1 aromatic heterocycles. The Morgan fingerprint density at radius 3 is 2.68 bits per heavy atom. The number of aliphatic hydroxyl groups is 1. The third-order valence-corrected chi connectivity index (χ3v) is 3.92. The van der Waals surface area contributed by atoms with E-state index >= 15 is 0 Å². The zero-order chi connectivity index (χ0) is 13.1. The number of aromatic amines is 1. The van der Waals surface area contributed by atoms with Gasteiger partial charge in [-0.1, -0.05) is 18.2 Å². The highest BCUT2D eigenvalue weighted by Crippen LogP contribution is 2.13. The van der Waals surface area contributed by atoms with E-state index in [1.165, 1.54) is 21.6 Å². The first-order chi connectivity index (χ1) is 9.36. The first-order valence-corrected chi connectivity index (χ1v) is 6.97. The van der Waals surface area contributed by atoms with E-state index in [0.29, 0.717) is 0 Å². The zero-order valence-electron chi connectivity index (χ0n) is 11.1. The lowest BCUT2D eigenvalue weighted by molar-refractivity contribution is -0.901. The van der Waals surface area contributed by atoms with E-state index in [2.05, 4.69) is 46.3 Å². The molecule has 0 radical (unpaired) electrons. The average Bonchev–Trinajstić information content (AvgIpc) is 2.48. The van der Waals surface area contributed by atoms with Crippen molar-refractivity contribution < 1.29 is 15.0 Å². The number of benzene rings is 1. The lowest BCUT2D eigenvalue weighted by Gasteiger charge is -2.27. The highest BCUT2D eigenvalue weighted by Gasteiger charge is 2.25. The summed E-state index contributed by atoms with van der Waals surface area (Å²) in [6, 6.07) is 12.7. The maximum Gasteiger partial charge on any atom is 0.275 e. The van der Waals surface area contributed by atoms with Gasteiger partial charge >= 0.3 is 0 Å². The van der Waals surface area contributed by atoms with Crippen LogP contribution in [0.5, 0.6) is 0 Å². The quantitative estimate of drug-likeness (QED) is 0.769. The fourth-order valence-corrected chi connectivity index (χ4v) is 2.76. The van der Waals surface area contributed by atoms with Crippen molar-refractivity contribution in [3.05, 3.63) is 36.4 Å². The third-order valence-electron chi connectivity index (χ3n) is 3.92. The normalized spacial score (nSPS) is 17.0. The van der Waals surface area contributed by atoms with Gasteiger partial charge in [0.1, 0.15) is 38.2 Å². The number of anilines is 1. The molecule has 3 rings (SSSR count). The molecule has 0 unspecified atom stereocenters. The van der Waals surface area contributed by atoms with Crippen molar-refractivity contribution >= 4 is 16.7 Å². The Kier molecular flexibility index (Phi) is 3.62. The molecule has 4 heteroatoms. The van der Waals surface area contributed by atoms with E-state index < -0.39 is 0 Å². The number of rotatable bonds is 3. The Labute approximate surface area is 113 Å². The largest absolute Gasteiger partial charge is 0.391 e. The molecule has 0 saturated carbocycles. The van der Waals surface area contributed by atoms with Gasteiger partial charge in [-0.15, -0.1) is 0 Å². The lowest BCUT2D eigenvalue weighted by atomic mass is 10.2. The monoisotopic (exact) mass is 259 g/mol. The second-order valence-corrected chi connectivity index (χ2v) is 5.14.